The number of aliphatic carboxylic acids is 1. The molecule has 14 heteroatoms. The van der Waals surface area contributed by atoms with Crippen LogP contribution < -0.4 is 10.1 Å². The molecule has 1 aliphatic rings. The van der Waals surface area contributed by atoms with Gasteiger partial charge in [-0.05, 0) is 35.7 Å². The van der Waals surface area contributed by atoms with E-state index in [-0.39, 0.29) is 28.0 Å². The van der Waals surface area contributed by atoms with Gasteiger partial charge < -0.3 is 19.7 Å². The van der Waals surface area contributed by atoms with Gasteiger partial charge in [0, 0.05) is 33.5 Å². The predicted molar refractivity (Wildman–Crippen MR) is 139 cm³/mol. The standard InChI is InChI=1S/C27H26Cl2F4N2O6/c1-24(2,3)12-26(41-23(39)27(31,32)33)25(13-34,17-6-4-15(29)11-18(17)30)20(21(35-26)22(37)38)16-10-14(28)5-7-19(16)40-9-8-36/h4-7,10-11,20-21,35-36H,8-9,12H2,1-3H3,(H,37,38)/t20-,21+,25?,26?/m0/s1. The summed E-state index contributed by atoms with van der Waals surface area (Å²) in [5.74, 6) is -7.41. The summed E-state index contributed by atoms with van der Waals surface area (Å²) in [4.78, 5) is 25.2. The Morgan fingerprint density at radius 3 is 2.24 bits per heavy atom. The second kappa shape index (κ2) is 11.6. The number of ether oxygens (including phenoxy) is 2. The van der Waals surface area contributed by atoms with E-state index in [9.17, 15) is 38.2 Å². The van der Waals surface area contributed by atoms with Crippen molar-refractivity contribution >= 4 is 35.1 Å². The third kappa shape index (κ3) is 6.23. The Labute approximate surface area is 242 Å². The van der Waals surface area contributed by atoms with Crippen LogP contribution in [0.1, 0.15) is 44.2 Å². The molecule has 41 heavy (non-hydrogen) atoms. The van der Waals surface area contributed by atoms with Crippen molar-refractivity contribution in [2.24, 2.45) is 5.41 Å². The summed E-state index contributed by atoms with van der Waals surface area (Å²) in [5, 5.41) is 32.9. The largest absolute Gasteiger partial charge is 0.491 e. The molecule has 0 amide bonds. The van der Waals surface area contributed by atoms with Crippen molar-refractivity contribution in [3.8, 4) is 11.8 Å². The highest BCUT2D eigenvalue weighted by Crippen LogP contribution is 2.59. The molecule has 3 N–H and O–H groups in total. The van der Waals surface area contributed by atoms with Crippen molar-refractivity contribution in [1.29, 1.82) is 5.26 Å². The van der Waals surface area contributed by atoms with E-state index in [1.807, 2.05) is 6.07 Å². The summed E-state index contributed by atoms with van der Waals surface area (Å²) in [6, 6.07) is 6.79. The van der Waals surface area contributed by atoms with Crippen LogP contribution in [0.5, 0.6) is 5.75 Å². The number of rotatable bonds is 8. The lowest BCUT2D eigenvalue weighted by atomic mass is 9.60. The van der Waals surface area contributed by atoms with Crippen LogP contribution in [0.15, 0.2) is 36.4 Å². The Kier molecular flexibility index (Phi) is 9.20. The molecular formula is C27H26Cl2F4N2O6. The number of carbonyl (C=O) groups excluding carboxylic acids is 1. The normalized spacial score (nSPS) is 24.5. The van der Waals surface area contributed by atoms with Gasteiger partial charge in [-0.3, -0.25) is 10.1 Å². The molecule has 1 heterocycles. The van der Waals surface area contributed by atoms with Gasteiger partial charge in [0.25, 0.3) is 0 Å². The summed E-state index contributed by atoms with van der Waals surface area (Å²) in [5.41, 5.74) is -7.20. The molecule has 1 saturated heterocycles. The lowest BCUT2D eigenvalue weighted by molar-refractivity contribution is -0.223. The number of alkyl halides is 3. The number of aliphatic hydroxyl groups excluding tert-OH is 1. The molecule has 2 aromatic carbocycles. The van der Waals surface area contributed by atoms with Crippen molar-refractivity contribution in [3.63, 3.8) is 0 Å². The number of esters is 1. The number of hydrogen-bond acceptors (Lipinski definition) is 7. The average molecular weight is 621 g/mol. The van der Waals surface area contributed by atoms with E-state index in [0.717, 1.165) is 12.1 Å². The van der Waals surface area contributed by atoms with Crippen LogP contribution in [0.2, 0.25) is 10.0 Å². The topological polar surface area (TPSA) is 129 Å². The maximum absolute atomic E-state index is 15.8. The number of hydrogen-bond donors (Lipinski definition) is 3. The van der Waals surface area contributed by atoms with Gasteiger partial charge in [0.2, 0.25) is 0 Å². The highest BCUT2D eigenvalue weighted by atomic mass is 35.5. The van der Waals surface area contributed by atoms with Crippen molar-refractivity contribution < 1.29 is 46.8 Å². The van der Waals surface area contributed by atoms with Crippen molar-refractivity contribution in [2.75, 3.05) is 13.2 Å². The van der Waals surface area contributed by atoms with Crippen LogP contribution in [0.3, 0.4) is 0 Å². The molecule has 1 aliphatic heterocycles. The van der Waals surface area contributed by atoms with E-state index < -0.39 is 71.0 Å². The summed E-state index contributed by atoms with van der Waals surface area (Å²) in [6.45, 7) is 3.89. The molecule has 4 atom stereocenters. The lowest BCUT2D eigenvalue weighted by Crippen LogP contribution is -2.61. The zero-order chi connectivity index (χ0) is 31.0. The van der Waals surface area contributed by atoms with Gasteiger partial charge in [0.1, 0.15) is 29.6 Å². The van der Waals surface area contributed by atoms with E-state index in [4.69, 9.17) is 32.7 Å². The van der Waals surface area contributed by atoms with Gasteiger partial charge in [0.15, 0.2) is 5.72 Å². The monoisotopic (exact) mass is 620 g/mol. The number of carboxylic acid groups (broad SMARTS) is 1. The predicted octanol–water partition coefficient (Wildman–Crippen LogP) is 5.34. The minimum Gasteiger partial charge on any atom is -0.491 e. The number of benzene rings is 2. The second-order valence-electron chi connectivity index (χ2n) is 10.7. The van der Waals surface area contributed by atoms with Gasteiger partial charge in [0.05, 0.1) is 12.7 Å². The molecule has 0 aliphatic carbocycles. The van der Waals surface area contributed by atoms with E-state index in [0.29, 0.717) is 0 Å². The number of nitrogens with zero attached hydrogens (tertiary/aromatic N) is 1. The number of aliphatic hydroxyl groups is 1. The highest BCUT2D eigenvalue weighted by molar-refractivity contribution is 6.31. The summed E-state index contributed by atoms with van der Waals surface area (Å²) < 4.78 is 67.5. The molecule has 3 rings (SSSR count). The molecule has 0 radical (unpaired) electrons. The van der Waals surface area contributed by atoms with Crippen LogP contribution in [-0.2, 0) is 19.7 Å². The van der Waals surface area contributed by atoms with Crippen LogP contribution in [0.25, 0.3) is 0 Å². The van der Waals surface area contributed by atoms with Crippen molar-refractivity contribution in [3.05, 3.63) is 63.4 Å². The fourth-order valence-electron chi connectivity index (χ4n) is 5.33. The van der Waals surface area contributed by atoms with E-state index in [1.54, 1.807) is 20.8 Å². The zero-order valence-electron chi connectivity index (χ0n) is 22.0. The minimum atomic E-state index is -5.56. The van der Waals surface area contributed by atoms with Crippen molar-refractivity contribution in [2.45, 2.75) is 56.5 Å². The lowest BCUT2D eigenvalue weighted by Gasteiger charge is -2.45. The Morgan fingerprint density at radius 2 is 1.73 bits per heavy atom. The molecule has 0 aromatic heterocycles. The molecule has 1 fully saturated rings. The van der Waals surface area contributed by atoms with Crippen molar-refractivity contribution in [1.82, 2.24) is 5.32 Å². The van der Waals surface area contributed by atoms with Gasteiger partial charge >= 0.3 is 18.1 Å². The molecule has 2 unspecified atom stereocenters. The SMILES string of the molecule is CC(C)(C)CC1(OC(=O)C(F)(F)F)N[C@@H](C(=O)O)[C@H](c2cc(Cl)ccc2OCCO)C1(C#N)c1ccc(Cl)cc1F. The molecule has 222 valence electrons. The fraction of sp³-hybridized carbons (Fsp3) is 0.444. The molecule has 8 nitrogen and oxygen atoms in total. The van der Waals surface area contributed by atoms with E-state index >= 15 is 4.39 Å². The second-order valence-corrected chi connectivity index (χ2v) is 11.6. The quantitative estimate of drug-likeness (QED) is 0.266. The highest BCUT2D eigenvalue weighted by Gasteiger charge is 2.72. The first-order valence-electron chi connectivity index (χ1n) is 12.1. The van der Waals surface area contributed by atoms with Crippen LogP contribution >= 0.6 is 23.2 Å². The van der Waals surface area contributed by atoms with Crippen LogP contribution in [0, 0.1) is 22.6 Å². The maximum atomic E-state index is 15.8. The van der Waals surface area contributed by atoms with Crippen LogP contribution in [-0.4, -0.2) is 53.3 Å². The van der Waals surface area contributed by atoms with E-state index in [1.165, 1.54) is 24.3 Å². The van der Waals surface area contributed by atoms with Gasteiger partial charge in [-0.25, -0.2) is 9.18 Å². The minimum absolute atomic E-state index is 0.0181. The van der Waals surface area contributed by atoms with E-state index in [2.05, 4.69) is 5.32 Å². The number of nitrogens with one attached hydrogen (secondary N) is 1. The van der Waals surface area contributed by atoms with Gasteiger partial charge in [-0.1, -0.05) is 50.0 Å². The first kappa shape index (κ1) is 32.4. The first-order valence-corrected chi connectivity index (χ1v) is 12.9. The Hall–Kier alpha value is -3.11. The first-order chi connectivity index (χ1) is 18.9. The summed E-state index contributed by atoms with van der Waals surface area (Å²) >= 11 is 12.2. The summed E-state index contributed by atoms with van der Waals surface area (Å²) in [7, 11) is 0. The molecular weight excluding hydrogens is 595 g/mol. The third-order valence-electron chi connectivity index (χ3n) is 6.56. The van der Waals surface area contributed by atoms with Gasteiger partial charge in [-0.2, -0.15) is 18.4 Å². The molecule has 0 saturated carbocycles. The number of carboxylic acids is 1. The number of nitriles is 1. The smallest absolute Gasteiger partial charge is 0.490 e. The Morgan fingerprint density at radius 1 is 1.12 bits per heavy atom. The molecule has 0 bridgehead atoms. The van der Waals surface area contributed by atoms with Crippen LogP contribution in [0.4, 0.5) is 17.6 Å². The summed E-state index contributed by atoms with van der Waals surface area (Å²) in [6.07, 6.45) is -6.14. The van der Waals surface area contributed by atoms with Gasteiger partial charge in [-0.15, -0.1) is 0 Å². The molecule has 2 aromatic rings. The number of halogens is 6. The Balaban J connectivity index is 2.56. The zero-order valence-corrected chi connectivity index (χ0v) is 23.5. The number of carbonyl (C=O) groups is 2. The average Bonchev–Trinajstić information content (AvgIpc) is 3.11. The Bertz CT molecular complexity index is 1380. The fourth-order valence-corrected chi connectivity index (χ4v) is 5.67. The third-order valence-corrected chi connectivity index (χ3v) is 7.03. The molecule has 0 spiro atoms. The maximum Gasteiger partial charge on any atom is 0.490 e.